The van der Waals surface area contributed by atoms with Crippen LogP contribution in [0, 0.1) is 0 Å². The molecule has 0 aliphatic carbocycles. The Balaban J connectivity index is 2.42. The van der Waals surface area contributed by atoms with Gasteiger partial charge in [0.1, 0.15) is 5.54 Å². The van der Waals surface area contributed by atoms with E-state index < -0.39 is 13.8 Å². The van der Waals surface area contributed by atoms with E-state index in [4.69, 9.17) is 0 Å². The maximum atomic E-state index is 13.5. The first kappa shape index (κ1) is 20.7. The average molecular weight is 375 g/mol. The third kappa shape index (κ3) is 3.73. The lowest BCUT2D eigenvalue weighted by Crippen LogP contribution is -2.57. The Morgan fingerprint density at radius 3 is 1.85 bits per heavy atom. The van der Waals surface area contributed by atoms with E-state index >= 15 is 0 Å². The summed E-state index contributed by atoms with van der Waals surface area (Å²) in [5, 5.41) is 0. The van der Waals surface area contributed by atoms with Gasteiger partial charge in [0.2, 0.25) is 5.91 Å². The molecule has 1 heterocycles. The van der Waals surface area contributed by atoms with Crippen LogP contribution in [-0.2, 0) is 11.3 Å². The standard InChI is InChI=1S/C21H34N2O2Si/c1-6-14-26(15-7-2,16-8-3)23-19(24)21(4,5)22(20(23)25)17-18-12-10-9-11-13-18/h9-13H,6-8,14-17H2,1-5H3. The minimum Gasteiger partial charge on any atom is -0.306 e. The van der Waals surface area contributed by atoms with Gasteiger partial charge < -0.3 is 4.90 Å². The van der Waals surface area contributed by atoms with Crippen molar-refractivity contribution in [3.05, 3.63) is 35.9 Å². The lowest BCUT2D eigenvalue weighted by atomic mass is 10.0. The quantitative estimate of drug-likeness (QED) is 0.428. The van der Waals surface area contributed by atoms with Crippen LogP contribution in [0.4, 0.5) is 4.79 Å². The van der Waals surface area contributed by atoms with E-state index in [9.17, 15) is 9.59 Å². The Bertz CT molecular complexity index is 613. The van der Waals surface area contributed by atoms with Crippen molar-refractivity contribution >= 4 is 20.2 Å². The Morgan fingerprint density at radius 2 is 1.38 bits per heavy atom. The Hall–Kier alpha value is -1.62. The van der Waals surface area contributed by atoms with Crippen LogP contribution in [-0.4, -0.2) is 35.2 Å². The van der Waals surface area contributed by atoms with Gasteiger partial charge in [0.25, 0.3) is 0 Å². The molecule has 5 heteroatoms. The van der Waals surface area contributed by atoms with E-state index in [0.29, 0.717) is 6.54 Å². The summed E-state index contributed by atoms with van der Waals surface area (Å²) in [6.07, 6.45) is 3.09. The van der Waals surface area contributed by atoms with Gasteiger partial charge in [-0.1, -0.05) is 70.4 Å². The van der Waals surface area contributed by atoms with Crippen LogP contribution in [0.2, 0.25) is 18.1 Å². The molecule has 0 atom stereocenters. The summed E-state index contributed by atoms with van der Waals surface area (Å²) in [5.41, 5.74) is 0.290. The fourth-order valence-electron chi connectivity index (χ4n) is 4.39. The number of nitrogens with zero attached hydrogens (tertiary/aromatic N) is 2. The molecule has 1 aliphatic heterocycles. The van der Waals surface area contributed by atoms with Gasteiger partial charge >= 0.3 is 6.03 Å². The minimum absolute atomic E-state index is 0.0143. The van der Waals surface area contributed by atoms with Crippen LogP contribution in [0.3, 0.4) is 0 Å². The van der Waals surface area contributed by atoms with Crippen LogP contribution in [0.1, 0.15) is 59.4 Å². The molecular formula is C21H34N2O2Si. The zero-order chi connectivity index (χ0) is 19.4. The number of amides is 3. The molecule has 0 bridgehead atoms. The van der Waals surface area contributed by atoms with Gasteiger partial charge in [-0.2, -0.15) is 0 Å². The highest BCUT2D eigenvalue weighted by molar-refractivity contribution is 6.81. The number of imide groups is 1. The van der Waals surface area contributed by atoms with Crippen LogP contribution in [0.5, 0.6) is 0 Å². The van der Waals surface area contributed by atoms with Gasteiger partial charge in [-0.05, 0) is 37.5 Å². The van der Waals surface area contributed by atoms with Crippen molar-refractivity contribution < 1.29 is 9.59 Å². The lowest BCUT2D eigenvalue weighted by molar-refractivity contribution is -0.129. The van der Waals surface area contributed by atoms with E-state index in [1.165, 1.54) is 0 Å². The van der Waals surface area contributed by atoms with Gasteiger partial charge in [-0.15, -0.1) is 0 Å². The summed E-state index contributed by atoms with van der Waals surface area (Å²) in [5.74, 6) is 0.0143. The first-order valence-corrected chi connectivity index (χ1v) is 12.6. The van der Waals surface area contributed by atoms with Gasteiger partial charge in [0, 0.05) is 6.54 Å². The van der Waals surface area contributed by atoms with Crippen molar-refractivity contribution in [1.82, 2.24) is 9.47 Å². The molecule has 1 saturated heterocycles. The number of hydrogen-bond acceptors (Lipinski definition) is 2. The number of urea groups is 1. The number of carbonyl (C=O) groups excluding carboxylic acids is 2. The first-order valence-electron chi connectivity index (χ1n) is 10.0. The molecule has 1 fully saturated rings. The lowest BCUT2D eigenvalue weighted by Gasteiger charge is -2.38. The normalized spacial score (nSPS) is 17.3. The molecule has 144 valence electrons. The zero-order valence-corrected chi connectivity index (χ0v) is 18.0. The van der Waals surface area contributed by atoms with Crippen molar-refractivity contribution in [2.24, 2.45) is 0 Å². The van der Waals surface area contributed by atoms with Gasteiger partial charge in [0.05, 0.1) is 0 Å². The molecule has 0 aromatic heterocycles. The number of benzene rings is 1. The van der Waals surface area contributed by atoms with Crippen LogP contribution in [0.15, 0.2) is 30.3 Å². The van der Waals surface area contributed by atoms with Crippen molar-refractivity contribution in [1.29, 1.82) is 0 Å². The van der Waals surface area contributed by atoms with Crippen molar-refractivity contribution in [3.8, 4) is 0 Å². The molecule has 0 radical (unpaired) electrons. The predicted molar refractivity (Wildman–Crippen MR) is 109 cm³/mol. The summed E-state index contributed by atoms with van der Waals surface area (Å²) in [6, 6.07) is 12.9. The number of carbonyl (C=O) groups is 2. The molecule has 26 heavy (non-hydrogen) atoms. The predicted octanol–water partition coefficient (Wildman–Crippen LogP) is 5.40. The van der Waals surface area contributed by atoms with E-state index in [1.807, 2.05) is 44.2 Å². The summed E-state index contributed by atoms with van der Waals surface area (Å²) >= 11 is 0. The minimum atomic E-state index is -2.14. The second-order valence-corrected chi connectivity index (χ2v) is 12.4. The van der Waals surface area contributed by atoms with Crippen LogP contribution < -0.4 is 0 Å². The molecule has 1 aromatic carbocycles. The maximum absolute atomic E-state index is 13.5. The van der Waals surface area contributed by atoms with Gasteiger partial charge in [-0.3, -0.25) is 9.36 Å². The fourth-order valence-corrected chi connectivity index (χ4v) is 9.84. The average Bonchev–Trinajstić information content (AvgIpc) is 2.77. The molecule has 2 rings (SSSR count). The Labute approximate surface area is 159 Å². The summed E-state index contributed by atoms with van der Waals surface area (Å²) < 4.78 is 1.77. The first-order chi connectivity index (χ1) is 12.3. The topological polar surface area (TPSA) is 40.6 Å². The molecule has 0 spiro atoms. The molecule has 1 aromatic rings. The van der Waals surface area contributed by atoms with E-state index in [1.54, 1.807) is 9.47 Å². The monoisotopic (exact) mass is 374 g/mol. The molecule has 0 saturated carbocycles. The number of rotatable bonds is 9. The highest BCUT2D eigenvalue weighted by Gasteiger charge is 2.57. The number of hydrogen-bond donors (Lipinski definition) is 0. The fraction of sp³-hybridized carbons (Fsp3) is 0.619. The van der Waals surface area contributed by atoms with Crippen molar-refractivity contribution in [2.75, 3.05) is 0 Å². The second kappa shape index (κ2) is 8.38. The Kier molecular flexibility index (Phi) is 6.67. The summed E-state index contributed by atoms with van der Waals surface area (Å²) in [7, 11) is -2.14. The van der Waals surface area contributed by atoms with Crippen LogP contribution in [0.25, 0.3) is 0 Å². The van der Waals surface area contributed by atoms with Gasteiger partial charge in [0.15, 0.2) is 8.24 Å². The van der Waals surface area contributed by atoms with E-state index in [0.717, 1.165) is 43.0 Å². The maximum Gasteiger partial charge on any atom is 0.319 e. The second-order valence-electron chi connectivity index (χ2n) is 8.03. The Morgan fingerprint density at radius 1 is 0.885 bits per heavy atom. The molecule has 1 aliphatic rings. The highest BCUT2D eigenvalue weighted by atomic mass is 28.3. The van der Waals surface area contributed by atoms with Crippen LogP contribution >= 0.6 is 0 Å². The van der Waals surface area contributed by atoms with E-state index in [2.05, 4.69) is 20.8 Å². The molecule has 3 amide bonds. The summed E-state index contributed by atoms with van der Waals surface area (Å²) in [6.45, 7) is 10.8. The van der Waals surface area contributed by atoms with E-state index in [-0.39, 0.29) is 11.9 Å². The molecular weight excluding hydrogens is 340 g/mol. The SMILES string of the molecule is CCC[Si](CCC)(CCC)N1C(=O)N(Cc2ccccc2)C(C)(C)C1=O. The third-order valence-electron chi connectivity index (χ3n) is 5.63. The third-order valence-corrected chi connectivity index (χ3v) is 11.3. The van der Waals surface area contributed by atoms with Crippen molar-refractivity contribution in [3.63, 3.8) is 0 Å². The molecule has 0 N–H and O–H groups in total. The smallest absolute Gasteiger partial charge is 0.306 e. The molecule has 0 unspecified atom stereocenters. The zero-order valence-electron chi connectivity index (χ0n) is 17.0. The highest BCUT2D eigenvalue weighted by Crippen LogP contribution is 2.39. The molecule has 4 nitrogen and oxygen atoms in total. The van der Waals surface area contributed by atoms with Gasteiger partial charge in [-0.25, -0.2) is 4.79 Å². The largest absolute Gasteiger partial charge is 0.319 e. The van der Waals surface area contributed by atoms with Crippen molar-refractivity contribution in [2.45, 2.75) is 84.1 Å². The summed E-state index contributed by atoms with van der Waals surface area (Å²) in [4.78, 5) is 28.7.